The highest BCUT2D eigenvalue weighted by molar-refractivity contribution is 5.97. The van der Waals surface area contributed by atoms with Gasteiger partial charge in [-0.05, 0) is 13.0 Å². The Balaban J connectivity index is 3.60. The molecule has 218 valence electrons. The monoisotopic (exact) mass is 598 g/mol. The molecule has 0 aliphatic carbocycles. The van der Waals surface area contributed by atoms with Gasteiger partial charge in [-0.2, -0.15) is 74.6 Å². The van der Waals surface area contributed by atoms with Crippen molar-refractivity contribution in [1.29, 1.82) is 0 Å². The number of amides is 1. The number of carbonyl (C=O) groups is 1. The quantitative estimate of drug-likeness (QED) is 0.192. The first-order chi connectivity index (χ1) is 16.5. The number of alkyl halides is 17. The second-order valence-corrected chi connectivity index (χ2v) is 7.23. The van der Waals surface area contributed by atoms with Crippen LogP contribution in [0.1, 0.15) is 5.56 Å². The Labute approximate surface area is 196 Å². The van der Waals surface area contributed by atoms with Crippen molar-refractivity contribution in [3.63, 3.8) is 0 Å². The third-order valence-electron chi connectivity index (χ3n) is 4.67. The number of nitrogens with one attached hydrogen (secondary N) is 1. The lowest BCUT2D eigenvalue weighted by atomic mass is 9.89. The van der Waals surface area contributed by atoms with Crippen LogP contribution >= 0.6 is 0 Å². The summed E-state index contributed by atoms with van der Waals surface area (Å²) in [6.45, 7) is 0.993. The standard InChI is InChI=1S/C16H7F17N2O3/c1-5-2-3-6(4-7(5)35(37)38)34-8(36)9(17,18)10(19,20)11(21,22)12(23,24)13(25,26)14(27,28)15(29,30)16(31,32)33/h2-4H,1H3,(H,34,36). The van der Waals surface area contributed by atoms with Gasteiger partial charge in [0.05, 0.1) is 4.92 Å². The Kier molecular flexibility index (Phi) is 7.79. The molecule has 0 saturated carbocycles. The van der Waals surface area contributed by atoms with Crippen LogP contribution in [0.3, 0.4) is 0 Å². The van der Waals surface area contributed by atoms with Gasteiger partial charge in [0.15, 0.2) is 0 Å². The number of nitrogens with zero attached hydrogens (tertiary/aromatic N) is 1. The Morgan fingerprint density at radius 1 is 0.684 bits per heavy atom. The minimum atomic E-state index is -8.83. The molecule has 0 heterocycles. The van der Waals surface area contributed by atoms with Crippen molar-refractivity contribution in [2.24, 2.45) is 0 Å². The van der Waals surface area contributed by atoms with Crippen LogP contribution in [-0.4, -0.2) is 58.5 Å². The minimum absolute atomic E-state index is 0.127. The normalized spacial score (nSPS) is 14.9. The van der Waals surface area contributed by atoms with Gasteiger partial charge in [0, 0.05) is 17.3 Å². The summed E-state index contributed by atoms with van der Waals surface area (Å²) in [6, 6.07) is 1.17. The van der Waals surface area contributed by atoms with E-state index in [9.17, 15) is 89.5 Å². The van der Waals surface area contributed by atoms with Gasteiger partial charge in [-0.3, -0.25) is 14.9 Å². The zero-order valence-corrected chi connectivity index (χ0v) is 17.3. The molecule has 1 amide bonds. The van der Waals surface area contributed by atoms with E-state index in [1.165, 1.54) is 0 Å². The predicted octanol–water partition coefficient (Wildman–Crippen LogP) is 6.85. The third kappa shape index (κ3) is 4.43. The lowest BCUT2D eigenvalue weighted by Gasteiger charge is -2.42. The summed E-state index contributed by atoms with van der Waals surface area (Å²) in [4.78, 5) is 21.0. The van der Waals surface area contributed by atoms with E-state index in [4.69, 9.17) is 0 Å². The summed E-state index contributed by atoms with van der Waals surface area (Å²) >= 11 is 0. The zero-order chi connectivity index (χ0) is 30.7. The predicted molar refractivity (Wildman–Crippen MR) is 87.1 cm³/mol. The summed E-state index contributed by atoms with van der Waals surface area (Å²) in [6.07, 6.45) is -7.88. The van der Waals surface area contributed by atoms with E-state index in [1.807, 2.05) is 0 Å². The van der Waals surface area contributed by atoms with Crippen LogP contribution in [0.5, 0.6) is 0 Å². The average Bonchev–Trinajstić information content (AvgIpc) is 2.72. The molecule has 5 nitrogen and oxygen atoms in total. The Bertz CT molecular complexity index is 1100. The maximum atomic E-state index is 13.9. The fourth-order valence-corrected chi connectivity index (χ4v) is 2.40. The van der Waals surface area contributed by atoms with Crippen molar-refractivity contribution < 1.29 is 84.4 Å². The first kappa shape index (κ1) is 32.9. The van der Waals surface area contributed by atoms with E-state index in [1.54, 1.807) is 0 Å². The van der Waals surface area contributed by atoms with Crippen LogP contribution in [0.15, 0.2) is 18.2 Å². The Morgan fingerprint density at radius 3 is 1.42 bits per heavy atom. The number of aryl methyl sites for hydroxylation is 1. The third-order valence-corrected chi connectivity index (χ3v) is 4.67. The van der Waals surface area contributed by atoms with Gasteiger partial charge in [-0.25, -0.2) is 0 Å². The topological polar surface area (TPSA) is 72.2 Å². The van der Waals surface area contributed by atoms with Crippen molar-refractivity contribution in [3.05, 3.63) is 33.9 Å². The molecular weight excluding hydrogens is 591 g/mol. The van der Waals surface area contributed by atoms with Gasteiger partial charge in [0.1, 0.15) is 0 Å². The molecule has 0 radical (unpaired) electrons. The van der Waals surface area contributed by atoms with E-state index in [2.05, 4.69) is 0 Å². The molecular formula is C16H7F17N2O3. The number of nitro groups is 1. The molecule has 38 heavy (non-hydrogen) atoms. The highest BCUT2D eigenvalue weighted by Gasteiger charge is 2.95. The van der Waals surface area contributed by atoms with Gasteiger partial charge in [-0.15, -0.1) is 0 Å². The Hall–Kier alpha value is -3.10. The number of rotatable bonds is 9. The molecule has 0 aromatic heterocycles. The molecule has 0 spiro atoms. The highest BCUT2D eigenvalue weighted by Crippen LogP contribution is 2.64. The number of nitro benzene ring substituents is 1. The van der Waals surface area contributed by atoms with Crippen LogP contribution in [0.4, 0.5) is 86.0 Å². The van der Waals surface area contributed by atoms with E-state index in [0.717, 1.165) is 6.92 Å². The van der Waals surface area contributed by atoms with Crippen molar-refractivity contribution in [1.82, 2.24) is 0 Å². The summed E-state index contributed by atoms with van der Waals surface area (Å²) < 4.78 is 225. The van der Waals surface area contributed by atoms with Crippen molar-refractivity contribution in [3.8, 4) is 0 Å². The highest BCUT2D eigenvalue weighted by atomic mass is 19.4. The number of anilines is 1. The second kappa shape index (κ2) is 8.99. The van der Waals surface area contributed by atoms with E-state index >= 15 is 0 Å². The molecule has 0 unspecified atom stereocenters. The van der Waals surface area contributed by atoms with Crippen molar-refractivity contribution in [2.75, 3.05) is 5.32 Å². The summed E-state index contributed by atoms with van der Waals surface area (Å²) in [7, 11) is 0. The molecule has 0 aliphatic rings. The molecule has 1 aromatic rings. The molecule has 0 fully saturated rings. The van der Waals surface area contributed by atoms with Crippen LogP contribution in [0, 0.1) is 17.0 Å². The van der Waals surface area contributed by atoms with Crippen molar-refractivity contribution >= 4 is 17.3 Å². The lowest BCUT2D eigenvalue weighted by molar-refractivity contribution is -0.459. The molecule has 0 saturated heterocycles. The van der Waals surface area contributed by atoms with Crippen LogP contribution in [0.2, 0.25) is 0 Å². The fraction of sp³-hybridized carbons (Fsp3) is 0.562. The maximum Gasteiger partial charge on any atom is 0.460 e. The first-order valence-electron chi connectivity index (χ1n) is 8.74. The Morgan fingerprint density at radius 2 is 1.05 bits per heavy atom. The van der Waals surface area contributed by atoms with Crippen LogP contribution in [-0.2, 0) is 4.79 Å². The number of carbonyl (C=O) groups excluding carboxylic acids is 1. The molecule has 0 bridgehead atoms. The molecule has 1 aromatic carbocycles. The number of halogens is 17. The largest absolute Gasteiger partial charge is 0.460 e. The maximum absolute atomic E-state index is 13.9. The number of hydrogen-bond donors (Lipinski definition) is 1. The molecule has 0 atom stereocenters. The zero-order valence-electron chi connectivity index (χ0n) is 17.3. The van der Waals surface area contributed by atoms with Gasteiger partial charge in [0.25, 0.3) is 5.69 Å². The van der Waals surface area contributed by atoms with Gasteiger partial charge < -0.3 is 5.32 Å². The SMILES string of the molecule is Cc1ccc(NC(=O)C(F)(F)C(F)(F)C(F)(F)C(F)(F)C(F)(F)C(F)(F)C(F)(F)C(F)(F)F)cc1[N+](=O)[O-]. The van der Waals surface area contributed by atoms with Crippen molar-refractivity contribution in [2.45, 2.75) is 54.6 Å². The summed E-state index contributed by atoms with van der Waals surface area (Å²) in [5.74, 6) is -62.6. The molecule has 0 aliphatic heterocycles. The van der Waals surface area contributed by atoms with E-state index < -0.39 is 69.8 Å². The number of hydrogen-bond acceptors (Lipinski definition) is 3. The minimum Gasteiger partial charge on any atom is -0.320 e. The summed E-state index contributed by atoms with van der Waals surface area (Å²) in [5, 5.41) is 11.3. The van der Waals surface area contributed by atoms with Gasteiger partial charge >= 0.3 is 53.5 Å². The average molecular weight is 598 g/mol. The fourth-order valence-electron chi connectivity index (χ4n) is 2.40. The lowest BCUT2D eigenvalue weighted by Crippen LogP contribution is -2.75. The van der Waals surface area contributed by atoms with Gasteiger partial charge in [0.2, 0.25) is 0 Å². The second-order valence-electron chi connectivity index (χ2n) is 7.23. The summed E-state index contributed by atoms with van der Waals surface area (Å²) in [5.41, 5.74) is -2.61. The molecule has 1 rings (SSSR count). The first-order valence-corrected chi connectivity index (χ1v) is 8.74. The van der Waals surface area contributed by atoms with Crippen LogP contribution in [0.25, 0.3) is 0 Å². The van der Waals surface area contributed by atoms with E-state index in [0.29, 0.717) is 17.4 Å². The van der Waals surface area contributed by atoms with E-state index in [-0.39, 0.29) is 11.6 Å². The molecule has 22 heteroatoms. The number of benzene rings is 1. The van der Waals surface area contributed by atoms with Crippen LogP contribution < -0.4 is 5.32 Å². The van der Waals surface area contributed by atoms with Gasteiger partial charge in [-0.1, -0.05) is 6.07 Å². The smallest absolute Gasteiger partial charge is 0.320 e. The molecule has 1 N–H and O–H groups in total.